The number of rotatable bonds is 3. The topological polar surface area (TPSA) is 49.8 Å². The van der Waals surface area contributed by atoms with E-state index in [1.807, 2.05) is 43.3 Å². The molecule has 2 aromatic rings. The number of carbonyl (C=O) groups excluding carboxylic acids is 1. The lowest BCUT2D eigenvalue weighted by molar-refractivity contribution is -0.134. The van der Waals surface area contributed by atoms with Gasteiger partial charge in [-0.3, -0.25) is 4.79 Å². The monoisotopic (exact) mass is 313 g/mol. The molecule has 1 amide bonds. The van der Waals surface area contributed by atoms with Gasteiger partial charge in [-0.05, 0) is 40.8 Å². The number of hydrogen-bond donors (Lipinski definition) is 1. The van der Waals surface area contributed by atoms with E-state index in [4.69, 9.17) is 4.74 Å². The molecule has 2 atom stereocenters. The lowest BCUT2D eigenvalue weighted by atomic mass is 9.95. The summed E-state index contributed by atoms with van der Waals surface area (Å²) in [5.74, 6) is 1.13. The van der Waals surface area contributed by atoms with Crippen molar-refractivity contribution in [1.29, 1.82) is 0 Å². The number of aliphatic hydroxyl groups excluding tert-OH is 1. The van der Waals surface area contributed by atoms with Crippen LogP contribution in [0.3, 0.4) is 0 Å². The van der Waals surface area contributed by atoms with Gasteiger partial charge in [0.2, 0.25) is 5.91 Å². The highest BCUT2D eigenvalue weighted by molar-refractivity contribution is 5.91. The molecule has 1 aliphatic heterocycles. The van der Waals surface area contributed by atoms with Crippen molar-refractivity contribution in [2.75, 3.05) is 20.2 Å². The lowest BCUT2D eigenvalue weighted by Gasteiger charge is -2.34. The fraction of sp³-hybridized carbons (Fsp3) is 0.421. The Bertz CT molecular complexity index is 713. The van der Waals surface area contributed by atoms with Crippen LogP contribution in [0.15, 0.2) is 36.4 Å². The van der Waals surface area contributed by atoms with E-state index in [-0.39, 0.29) is 11.8 Å². The van der Waals surface area contributed by atoms with Crippen molar-refractivity contribution in [2.45, 2.75) is 25.9 Å². The van der Waals surface area contributed by atoms with Crippen LogP contribution in [0.5, 0.6) is 5.75 Å². The van der Waals surface area contributed by atoms with Gasteiger partial charge in [0, 0.05) is 13.1 Å². The van der Waals surface area contributed by atoms with Gasteiger partial charge in [-0.25, -0.2) is 0 Å². The molecule has 23 heavy (non-hydrogen) atoms. The molecule has 1 aliphatic rings. The molecular formula is C19H23NO3. The summed E-state index contributed by atoms with van der Waals surface area (Å²) in [5, 5.41) is 12.1. The number of β-amino-alcohol motifs (C(OH)–C–C–N with tert-alkyl or cyclic N) is 1. The minimum absolute atomic E-state index is 0.0752. The first-order valence-electron chi connectivity index (χ1n) is 8.10. The van der Waals surface area contributed by atoms with E-state index in [9.17, 15) is 9.90 Å². The molecule has 0 spiro atoms. The Morgan fingerprint density at radius 1 is 1.35 bits per heavy atom. The Balaban J connectivity index is 1.82. The Morgan fingerprint density at radius 2 is 2.17 bits per heavy atom. The Kier molecular flexibility index (Phi) is 4.53. The normalized spacial score (nSPS) is 21.4. The van der Waals surface area contributed by atoms with E-state index >= 15 is 0 Å². The first-order valence-corrected chi connectivity index (χ1v) is 8.10. The van der Waals surface area contributed by atoms with Crippen LogP contribution >= 0.6 is 0 Å². The van der Waals surface area contributed by atoms with Gasteiger partial charge in [-0.1, -0.05) is 31.2 Å². The number of nitrogens with zero attached hydrogens (tertiary/aromatic N) is 1. The second kappa shape index (κ2) is 6.59. The predicted molar refractivity (Wildman–Crippen MR) is 90.6 cm³/mol. The van der Waals surface area contributed by atoms with E-state index in [0.29, 0.717) is 13.0 Å². The van der Waals surface area contributed by atoms with Crippen molar-refractivity contribution in [2.24, 2.45) is 5.92 Å². The summed E-state index contributed by atoms with van der Waals surface area (Å²) < 4.78 is 5.30. The van der Waals surface area contributed by atoms with Crippen LogP contribution in [-0.4, -0.2) is 42.2 Å². The van der Waals surface area contributed by atoms with E-state index in [0.717, 1.165) is 35.1 Å². The van der Waals surface area contributed by atoms with E-state index in [2.05, 4.69) is 0 Å². The SMILES string of the molecule is COc1ccc2cccc(CC(=O)N3CCC(C)C(O)C3)c2c1. The third kappa shape index (κ3) is 3.32. The van der Waals surface area contributed by atoms with Gasteiger partial charge < -0.3 is 14.7 Å². The second-order valence-electron chi connectivity index (χ2n) is 6.35. The third-order valence-electron chi connectivity index (χ3n) is 4.79. The Morgan fingerprint density at radius 3 is 2.91 bits per heavy atom. The van der Waals surface area contributed by atoms with Crippen LogP contribution in [0.1, 0.15) is 18.9 Å². The fourth-order valence-electron chi connectivity index (χ4n) is 3.15. The molecule has 2 unspecified atom stereocenters. The summed E-state index contributed by atoms with van der Waals surface area (Å²) in [4.78, 5) is 14.4. The zero-order valence-electron chi connectivity index (χ0n) is 13.7. The number of fused-ring (bicyclic) bond motifs is 1. The Labute approximate surface area is 136 Å². The standard InChI is InChI=1S/C19H23NO3/c1-13-8-9-20(12-18(13)21)19(22)10-15-5-3-4-14-6-7-16(23-2)11-17(14)15/h3-7,11,13,18,21H,8-10,12H2,1-2H3. The van der Waals surface area contributed by atoms with Crippen molar-refractivity contribution in [3.8, 4) is 5.75 Å². The fourth-order valence-corrected chi connectivity index (χ4v) is 3.15. The van der Waals surface area contributed by atoms with Gasteiger partial charge in [-0.15, -0.1) is 0 Å². The summed E-state index contributed by atoms with van der Waals surface area (Å²) in [6.45, 7) is 3.20. The molecule has 1 saturated heterocycles. The summed E-state index contributed by atoms with van der Waals surface area (Å²) >= 11 is 0. The molecule has 0 bridgehead atoms. The molecule has 0 aromatic heterocycles. The van der Waals surface area contributed by atoms with Crippen molar-refractivity contribution in [1.82, 2.24) is 4.90 Å². The number of benzene rings is 2. The van der Waals surface area contributed by atoms with E-state index < -0.39 is 6.10 Å². The number of methoxy groups -OCH3 is 1. The molecule has 4 nitrogen and oxygen atoms in total. The summed E-state index contributed by atoms with van der Waals surface area (Å²) in [6.07, 6.45) is 0.794. The lowest BCUT2D eigenvalue weighted by Crippen LogP contribution is -2.46. The molecular weight excluding hydrogens is 290 g/mol. The molecule has 2 aromatic carbocycles. The third-order valence-corrected chi connectivity index (χ3v) is 4.79. The molecule has 1 heterocycles. The van der Waals surface area contributed by atoms with Gasteiger partial charge in [-0.2, -0.15) is 0 Å². The van der Waals surface area contributed by atoms with Crippen molar-refractivity contribution in [3.05, 3.63) is 42.0 Å². The van der Waals surface area contributed by atoms with Crippen LogP contribution in [0.4, 0.5) is 0 Å². The van der Waals surface area contributed by atoms with Gasteiger partial charge in [0.15, 0.2) is 0 Å². The minimum Gasteiger partial charge on any atom is -0.497 e. The summed E-state index contributed by atoms with van der Waals surface area (Å²) in [7, 11) is 1.64. The molecule has 4 heteroatoms. The van der Waals surface area contributed by atoms with E-state index in [1.54, 1.807) is 12.0 Å². The van der Waals surface area contributed by atoms with Crippen molar-refractivity contribution >= 4 is 16.7 Å². The highest BCUT2D eigenvalue weighted by Gasteiger charge is 2.27. The number of hydrogen-bond acceptors (Lipinski definition) is 3. The minimum atomic E-state index is -0.416. The van der Waals surface area contributed by atoms with Gasteiger partial charge in [0.05, 0.1) is 19.6 Å². The van der Waals surface area contributed by atoms with Gasteiger partial charge >= 0.3 is 0 Å². The maximum Gasteiger partial charge on any atom is 0.227 e. The number of amides is 1. The number of aliphatic hydroxyl groups is 1. The summed E-state index contributed by atoms with van der Waals surface area (Å²) in [5.41, 5.74) is 1.000. The average Bonchev–Trinajstić information content (AvgIpc) is 2.57. The maximum atomic E-state index is 12.6. The molecule has 1 N–H and O–H groups in total. The number of carbonyl (C=O) groups is 1. The number of ether oxygens (including phenoxy) is 1. The predicted octanol–water partition coefficient (Wildman–Crippen LogP) is 2.62. The highest BCUT2D eigenvalue weighted by Crippen LogP contribution is 2.25. The van der Waals surface area contributed by atoms with Crippen LogP contribution < -0.4 is 4.74 Å². The van der Waals surface area contributed by atoms with Crippen LogP contribution in [0.2, 0.25) is 0 Å². The second-order valence-corrected chi connectivity index (χ2v) is 6.35. The van der Waals surface area contributed by atoms with E-state index in [1.165, 1.54) is 0 Å². The molecule has 1 fully saturated rings. The highest BCUT2D eigenvalue weighted by atomic mass is 16.5. The molecule has 0 aliphatic carbocycles. The quantitative estimate of drug-likeness (QED) is 0.947. The molecule has 0 radical (unpaired) electrons. The smallest absolute Gasteiger partial charge is 0.227 e. The van der Waals surface area contributed by atoms with Crippen LogP contribution in [0, 0.1) is 5.92 Å². The number of piperidine rings is 1. The first kappa shape index (κ1) is 15.8. The van der Waals surface area contributed by atoms with Crippen LogP contribution in [0.25, 0.3) is 10.8 Å². The zero-order chi connectivity index (χ0) is 16.4. The van der Waals surface area contributed by atoms with Crippen molar-refractivity contribution < 1.29 is 14.6 Å². The van der Waals surface area contributed by atoms with Crippen LogP contribution in [-0.2, 0) is 11.2 Å². The number of likely N-dealkylation sites (tertiary alicyclic amines) is 1. The average molecular weight is 313 g/mol. The molecule has 0 saturated carbocycles. The van der Waals surface area contributed by atoms with Gasteiger partial charge in [0.1, 0.15) is 5.75 Å². The largest absolute Gasteiger partial charge is 0.497 e. The van der Waals surface area contributed by atoms with Gasteiger partial charge in [0.25, 0.3) is 0 Å². The Hall–Kier alpha value is -2.07. The molecule has 122 valence electrons. The maximum absolute atomic E-state index is 12.6. The zero-order valence-corrected chi connectivity index (χ0v) is 13.7. The van der Waals surface area contributed by atoms with Crippen molar-refractivity contribution in [3.63, 3.8) is 0 Å². The summed E-state index contributed by atoms with van der Waals surface area (Å²) in [6, 6.07) is 11.9. The molecule has 3 rings (SSSR count). The first-order chi connectivity index (χ1) is 11.1.